The SMILES string of the molecule is CCCCn1c(O)c(/N=N/c2cccc3c2C(=O)c2cccc(Cl)c2C3=O)c(C)c(C#N)c1=O. The Bertz CT molecular complexity index is 1500. The minimum atomic E-state index is -0.601. The van der Waals surface area contributed by atoms with E-state index in [1.807, 2.05) is 13.0 Å². The Morgan fingerprint density at radius 2 is 1.68 bits per heavy atom. The van der Waals surface area contributed by atoms with Crippen LogP contribution in [0.25, 0.3) is 0 Å². The molecule has 1 aromatic heterocycles. The molecule has 0 atom stereocenters. The van der Waals surface area contributed by atoms with E-state index >= 15 is 0 Å². The first-order valence-electron chi connectivity index (χ1n) is 10.6. The fourth-order valence-electron chi connectivity index (χ4n) is 3.95. The molecular formula is C25H19ClN4O4. The van der Waals surface area contributed by atoms with Crippen molar-refractivity contribution in [2.24, 2.45) is 10.2 Å². The van der Waals surface area contributed by atoms with Gasteiger partial charge in [0.25, 0.3) is 5.56 Å². The van der Waals surface area contributed by atoms with Gasteiger partial charge in [-0.05, 0) is 25.5 Å². The number of carbonyl (C=O) groups is 2. The number of pyridine rings is 1. The van der Waals surface area contributed by atoms with Crippen LogP contribution in [0.15, 0.2) is 51.4 Å². The van der Waals surface area contributed by atoms with Gasteiger partial charge < -0.3 is 5.11 Å². The number of nitrogens with zero attached hydrogens (tertiary/aromatic N) is 4. The molecule has 0 bridgehead atoms. The van der Waals surface area contributed by atoms with Gasteiger partial charge in [0.2, 0.25) is 5.88 Å². The fourth-order valence-corrected chi connectivity index (χ4v) is 4.21. The van der Waals surface area contributed by atoms with Crippen LogP contribution in [-0.2, 0) is 6.54 Å². The van der Waals surface area contributed by atoms with Gasteiger partial charge in [0.05, 0.1) is 21.8 Å². The number of hydrogen-bond donors (Lipinski definition) is 1. The molecule has 9 heteroatoms. The summed E-state index contributed by atoms with van der Waals surface area (Å²) in [5.74, 6) is -1.23. The average Bonchev–Trinajstić information content (AvgIpc) is 2.82. The molecule has 1 N–H and O–H groups in total. The first kappa shape index (κ1) is 23.1. The van der Waals surface area contributed by atoms with E-state index in [1.54, 1.807) is 18.2 Å². The van der Waals surface area contributed by atoms with Crippen molar-refractivity contribution in [3.8, 4) is 11.9 Å². The number of carbonyl (C=O) groups excluding carboxylic acids is 2. The highest BCUT2D eigenvalue weighted by molar-refractivity contribution is 6.39. The summed E-state index contributed by atoms with van der Waals surface area (Å²) < 4.78 is 1.09. The topological polar surface area (TPSA) is 125 Å². The van der Waals surface area contributed by atoms with E-state index in [4.69, 9.17) is 11.6 Å². The highest BCUT2D eigenvalue weighted by Gasteiger charge is 2.33. The van der Waals surface area contributed by atoms with Gasteiger partial charge in [-0.3, -0.25) is 19.0 Å². The second kappa shape index (κ2) is 9.04. The third-order valence-corrected chi connectivity index (χ3v) is 6.08. The molecule has 1 heterocycles. The van der Waals surface area contributed by atoms with E-state index in [2.05, 4.69) is 10.2 Å². The number of nitriles is 1. The van der Waals surface area contributed by atoms with Crippen LogP contribution in [0.4, 0.5) is 11.4 Å². The van der Waals surface area contributed by atoms with Crippen LogP contribution < -0.4 is 5.56 Å². The molecule has 170 valence electrons. The summed E-state index contributed by atoms with van der Waals surface area (Å²) in [5.41, 5.74) is 0.0249. The Morgan fingerprint density at radius 1 is 1.03 bits per heavy atom. The maximum absolute atomic E-state index is 13.2. The van der Waals surface area contributed by atoms with Gasteiger partial charge >= 0.3 is 0 Å². The Labute approximate surface area is 199 Å². The van der Waals surface area contributed by atoms with Crippen LogP contribution in [0.1, 0.15) is 62.7 Å². The fraction of sp³-hybridized carbons (Fsp3) is 0.200. The van der Waals surface area contributed by atoms with Crippen molar-refractivity contribution in [3.05, 3.63) is 85.2 Å². The lowest BCUT2D eigenvalue weighted by atomic mass is 9.83. The average molecular weight is 475 g/mol. The number of azo groups is 1. The molecule has 0 saturated carbocycles. The normalized spacial score (nSPS) is 12.5. The molecule has 1 aliphatic carbocycles. The third kappa shape index (κ3) is 3.60. The van der Waals surface area contributed by atoms with E-state index < -0.39 is 23.0 Å². The molecule has 0 saturated heterocycles. The van der Waals surface area contributed by atoms with Crippen LogP contribution >= 0.6 is 11.6 Å². The first-order chi connectivity index (χ1) is 16.3. The van der Waals surface area contributed by atoms with E-state index in [1.165, 1.54) is 25.1 Å². The van der Waals surface area contributed by atoms with Crippen molar-refractivity contribution in [1.82, 2.24) is 4.57 Å². The number of aromatic nitrogens is 1. The van der Waals surface area contributed by atoms with E-state index in [-0.39, 0.29) is 56.3 Å². The van der Waals surface area contributed by atoms with Crippen molar-refractivity contribution in [2.45, 2.75) is 33.2 Å². The molecule has 0 amide bonds. The molecule has 34 heavy (non-hydrogen) atoms. The molecule has 0 unspecified atom stereocenters. The smallest absolute Gasteiger partial charge is 0.271 e. The molecule has 4 rings (SSSR count). The molecule has 2 aromatic carbocycles. The van der Waals surface area contributed by atoms with E-state index in [9.17, 15) is 24.8 Å². The summed E-state index contributed by atoms with van der Waals surface area (Å²) >= 11 is 6.18. The number of unbranched alkanes of at least 4 members (excludes halogenated alkanes) is 1. The number of rotatable bonds is 5. The minimum Gasteiger partial charge on any atom is -0.493 e. The van der Waals surface area contributed by atoms with Gasteiger partial charge in [-0.15, -0.1) is 10.2 Å². The maximum Gasteiger partial charge on any atom is 0.271 e. The second-order valence-corrected chi connectivity index (χ2v) is 8.22. The zero-order valence-corrected chi connectivity index (χ0v) is 19.2. The van der Waals surface area contributed by atoms with Crippen LogP contribution in [0.5, 0.6) is 5.88 Å². The monoisotopic (exact) mass is 474 g/mol. The second-order valence-electron chi connectivity index (χ2n) is 7.81. The van der Waals surface area contributed by atoms with Crippen LogP contribution in [0, 0.1) is 18.3 Å². The van der Waals surface area contributed by atoms with Gasteiger partial charge in [-0.1, -0.05) is 49.2 Å². The molecule has 3 aromatic rings. The summed E-state index contributed by atoms with van der Waals surface area (Å²) in [6.45, 7) is 3.64. The molecule has 8 nitrogen and oxygen atoms in total. The molecule has 0 radical (unpaired) electrons. The Balaban J connectivity index is 1.87. The lowest BCUT2D eigenvalue weighted by molar-refractivity contribution is 0.0979. The Morgan fingerprint density at radius 3 is 2.35 bits per heavy atom. The van der Waals surface area contributed by atoms with E-state index in [0.717, 1.165) is 11.0 Å². The van der Waals surface area contributed by atoms with Gasteiger partial charge in [0.1, 0.15) is 11.6 Å². The van der Waals surface area contributed by atoms with Crippen LogP contribution in [-0.4, -0.2) is 21.2 Å². The minimum absolute atomic E-state index is 0.0529. The summed E-state index contributed by atoms with van der Waals surface area (Å²) in [4.78, 5) is 38.9. The Kier molecular flexibility index (Phi) is 6.14. The van der Waals surface area contributed by atoms with Crippen molar-refractivity contribution >= 4 is 34.5 Å². The summed E-state index contributed by atoms with van der Waals surface area (Å²) in [7, 11) is 0. The third-order valence-electron chi connectivity index (χ3n) is 5.76. The Hall–Kier alpha value is -4.09. The number of aromatic hydroxyl groups is 1. The predicted molar refractivity (Wildman–Crippen MR) is 126 cm³/mol. The maximum atomic E-state index is 13.2. The summed E-state index contributed by atoms with van der Waals surface area (Å²) in [6.07, 6.45) is 1.39. The number of fused-ring (bicyclic) bond motifs is 2. The summed E-state index contributed by atoms with van der Waals surface area (Å²) in [6, 6.07) is 11.1. The number of ketones is 2. The predicted octanol–water partition coefficient (Wildman–Crippen LogP) is 5.38. The highest BCUT2D eigenvalue weighted by Crippen LogP contribution is 2.38. The quantitative estimate of drug-likeness (QED) is 0.389. The number of benzene rings is 2. The zero-order valence-electron chi connectivity index (χ0n) is 18.4. The van der Waals surface area contributed by atoms with Gasteiger partial charge in [-0.2, -0.15) is 5.26 Å². The summed E-state index contributed by atoms with van der Waals surface area (Å²) in [5, 5.41) is 28.7. The molecular weight excluding hydrogens is 456 g/mol. The van der Waals surface area contributed by atoms with E-state index in [0.29, 0.717) is 6.42 Å². The lowest BCUT2D eigenvalue weighted by Crippen LogP contribution is -2.24. The van der Waals surface area contributed by atoms with Crippen molar-refractivity contribution in [2.75, 3.05) is 0 Å². The molecule has 0 fully saturated rings. The molecule has 1 aliphatic rings. The van der Waals surface area contributed by atoms with Crippen molar-refractivity contribution in [3.63, 3.8) is 0 Å². The zero-order chi connectivity index (χ0) is 24.6. The van der Waals surface area contributed by atoms with Crippen LogP contribution in [0.2, 0.25) is 5.02 Å². The molecule has 0 aliphatic heterocycles. The standard InChI is InChI=1S/C25H19ClN4O4/c1-3-4-11-30-24(33)16(12-27)13(2)21(25(30)34)29-28-18-10-6-8-15-20(18)23(32)14-7-5-9-17(26)19(14)22(15)31/h5-10,34H,3-4,11H2,1-2H3/b29-28+. The number of halogens is 1. The number of hydrogen-bond acceptors (Lipinski definition) is 7. The lowest BCUT2D eigenvalue weighted by Gasteiger charge is -2.19. The first-order valence-corrected chi connectivity index (χ1v) is 11.0. The largest absolute Gasteiger partial charge is 0.493 e. The van der Waals surface area contributed by atoms with Gasteiger partial charge in [0, 0.05) is 23.2 Å². The molecule has 0 spiro atoms. The van der Waals surface area contributed by atoms with Gasteiger partial charge in [0.15, 0.2) is 17.3 Å². The van der Waals surface area contributed by atoms with Crippen molar-refractivity contribution < 1.29 is 14.7 Å². The highest BCUT2D eigenvalue weighted by atomic mass is 35.5. The van der Waals surface area contributed by atoms with Crippen LogP contribution in [0.3, 0.4) is 0 Å². The van der Waals surface area contributed by atoms with Gasteiger partial charge in [-0.25, -0.2) is 0 Å². The van der Waals surface area contributed by atoms with Crippen molar-refractivity contribution in [1.29, 1.82) is 5.26 Å².